The van der Waals surface area contributed by atoms with Crippen LogP contribution in [0.3, 0.4) is 0 Å². The zero-order valence-electron chi connectivity index (χ0n) is 19.0. The zero-order chi connectivity index (χ0) is 21.6. The Balaban J connectivity index is 1.91. The first-order chi connectivity index (χ1) is 14.6. The van der Waals surface area contributed by atoms with Gasteiger partial charge in [0.1, 0.15) is 0 Å². The lowest BCUT2D eigenvalue weighted by Crippen LogP contribution is -2.35. The first-order valence-corrected chi connectivity index (χ1v) is 11.4. The minimum absolute atomic E-state index is 0.495. The fourth-order valence-corrected chi connectivity index (χ4v) is 3.43. The molecule has 1 aliphatic carbocycles. The van der Waals surface area contributed by atoms with Gasteiger partial charge in [0.05, 0.1) is 26.4 Å². The molecule has 0 spiro atoms. The van der Waals surface area contributed by atoms with Gasteiger partial charge in [0.15, 0.2) is 0 Å². The van der Waals surface area contributed by atoms with E-state index in [4.69, 9.17) is 15.2 Å². The van der Waals surface area contributed by atoms with Gasteiger partial charge in [-0.2, -0.15) is 15.0 Å². The highest BCUT2D eigenvalue weighted by Crippen LogP contribution is 2.25. The van der Waals surface area contributed by atoms with Gasteiger partial charge in [-0.15, -0.1) is 0 Å². The summed E-state index contributed by atoms with van der Waals surface area (Å²) in [5, 5.41) is 6.63. The number of nitrogens with zero attached hydrogens (tertiary/aromatic N) is 4. The molecular formula is C21H41N7O2. The van der Waals surface area contributed by atoms with Crippen molar-refractivity contribution >= 4 is 17.8 Å². The molecule has 1 aliphatic rings. The number of ether oxygens (including phenoxy) is 2. The van der Waals surface area contributed by atoms with Gasteiger partial charge in [-0.05, 0) is 25.2 Å². The zero-order valence-corrected chi connectivity index (χ0v) is 19.0. The van der Waals surface area contributed by atoms with Crippen LogP contribution in [-0.2, 0) is 9.47 Å². The van der Waals surface area contributed by atoms with E-state index < -0.39 is 0 Å². The number of hydrogen-bond acceptors (Lipinski definition) is 9. The first kappa shape index (κ1) is 24.6. The Labute approximate surface area is 181 Å². The number of nitrogens with two attached hydrogens (primary N) is 1. The molecule has 0 bridgehead atoms. The normalized spacial score (nSPS) is 14.8. The van der Waals surface area contributed by atoms with E-state index in [0.717, 1.165) is 18.9 Å². The molecule has 0 atom stereocenters. The fraction of sp³-hybridized carbons (Fsp3) is 0.857. The molecular weight excluding hydrogens is 382 g/mol. The largest absolute Gasteiger partial charge is 0.378 e. The van der Waals surface area contributed by atoms with Gasteiger partial charge < -0.3 is 30.7 Å². The molecule has 9 heteroatoms. The van der Waals surface area contributed by atoms with Gasteiger partial charge in [-0.1, -0.05) is 33.1 Å². The van der Waals surface area contributed by atoms with Gasteiger partial charge >= 0.3 is 0 Å². The van der Waals surface area contributed by atoms with E-state index in [1.807, 2.05) is 0 Å². The van der Waals surface area contributed by atoms with Gasteiger partial charge in [0.25, 0.3) is 0 Å². The van der Waals surface area contributed by atoms with E-state index in [2.05, 4.69) is 51.4 Å². The number of rotatable bonds is 15. The van der Waals surface area contributed by atoms with Crippen molar-refractivity contribution in [2.24, 2.45) is 11.7 Å². The summed E-state index contributed by atoms with van der Waals surface area (Å²) in [6.07, 6.45) is 7.34. The summed E-state index contributed by atoms with van der Waals surface area (Å²) in [7, 11) is 2.09. The van der Waals surface area contributed by atoms with Crippen molar-refractivity contribution in [3.8, 4) is 0 Å². The van der Waals surface area contributed by atoms with E-state index in [-0.39, 0.29) is 0 Å². The van der Waals surface area contributed by atoms with Crippen molar-refractivity contribution < 1.29 is 9.47 Å². The average molecular weight is 424 g/mol. The molecule has 0 radical (unpaired) electrons. The van der Waals surface area contributed by atoms with Crippen molar-refractivity contribution in [3.63, 3.8) is 0 Å². The highest BCUT2D eigenvalue weighted by Gasteiger charge is 2.21. The maximum Gasteiger partial charge on any atom is 0.231 e. The van der Waals surface area contributed by atoms with E-state index >= 15 is 0 Å². The van der Waals surface area contributed by atoms with Gasteiger partial charge in [0.2, 0.25) is 17.8 Å². The molecule has 1 fully saturated rings. The van der Waals surface area contributed by atoms with Crippen LogP contribution in [0, 0.1) is 5.92 Å². The Morgan fingerprint density at radius 1 is 0.933 bits per heavy atom. The van der Waals surface area contributed by atoms with Crippen molar-refractivity contribution in [3.05, 3.63) is 0 Å². The molecule has 1 aromatic heterocycles. The lowest BCUT2D eigenvalue weighted by Gasteiger charge is -2.31. The van der Waals surface area contributed by atoms with Crippen LogP contribution < -0.4 is 21.3 Å². The second-order valence-corrected chi connectivity index (χ2v) is 8.23. The smallest absolute Gasteiger partial charge is 0.231 e. The molecule has 1 saturated carbocycles. The Morgan fingerprint density at radius 2 is 1.57 bits per heavy atom. The van der Waals surface area contributed by atoms with E-state index in [9.17, 15) is 0 Å². The van der Waals surface area contributed by atoms with Gasteiger partial charge in [-0.25, -0.2) is 0 Å². The van der Waals surface area contributed by atoms with Gasteiger partial charge in [0, 0.05) is 32.7 Å². The number of aromatic nitrogens is 3. The van der Waals surface area contributed by atoms with Crippen LogP contribution in [0.5, 0.6) is 0 Å². The molecule has 9 nitrogen and oxygen atoms in total. The molecule has 2 rings (SSSR count). The summed E-state index contributed by atoms with van der Waals surface area (Å²) in [4.78, 5) is 16.1. The Morgan fingerprint density at radius 3 is 2.20 bits per heavy atom. The summed E-state index contributed by atoms with van der Waals surface area (Å²) >= 11 is 0. The van der Waals surface area contributed by atoms with Crippen molar-refractivity contribution in [1.82, 2.24) is 15.0 Å². The summed E-state index contributed by atoms with van der Waals surface area (Å²) in [6.45, 7) is 8.67. The second kappa shape index (κ2) is 14.3. The molecule has 172 valence electrons. The van der Waals surface area contributed by atoms with Crippen molar-refractivity contribution in [1.29, 1.82) is 0 Å². The third-order valence-electron chi connectivity index (χ3n) is 5.23. The predicted octanol–water partition coefficient (Wildman–Crippen LogP) is 2.50. The summed E-state index contributed by atoms with van der Waals surface area (Å²) in [6, 6.07) is 0.495. The summed E-state index contributed by atoms with van der Waals surface area (Å²) in [5.74, 6) is 2.56. The third kappa shape index (κ3) is 9.40. The van der Waals surface area contributed by atoms with E-state index in [1.54, 1.807) is 0 Å². The van der Waals surface area contributed by atoms with Crippen LogP contribution in [0.1, 0.15) is 52.4 Å². The lowest BCUT2D eigenvalue weighted by molar-refractivity contribution is 0.0547. The van der Waals surface area contributed by atoms with E-state index in [0.29, 0.717) is 63.4 Å². The van der Waals surface area contributed by atoms with Crippen LogP contribution in [0.15, 0.2) is 0 Å². The first-order valence-electron chi connectivity index (χ1n) is 11.4. The Hall–Kier alpha value is -1.71. The topological polar surface area (TPSA) is 110 Å². The number of anilines is 3. The van der Waals surface area contributed by atoms with Crippen LogP contribution in [0.4, 0.5) is 17.8 Å². The predicted molar refractivity (Wildman–Crippen MR) is 122 cm³/mol. The molecule has 1 heterocycles. The van der Waals surface area contributed by atoms with Crippen LogP contribution >= 0.6 is 0 Å². The number of hydrogen-bond donors (Lipinski definition) is 3. The highest BCUT2D eigenvalue weighted by atomic mass is 16.5. The van der Waals surface area contributed by atoms with E-state index in [1.165, 1.54) is 32.1 Å². The standard InChI is InChI=1S/C21H41N7O2/c1-17(2)9-11-23-19-25-20(24-12-14-30-16-15-29-13-10-22)27-21(26-19)28(3)18-7-5-4-6-8-18/h17-18H,4-16,22H2,1-3H3,(H2,23,24,25,26,27). The van der Waals surface area contributed by atoms with Gasteiger partial charge in [-0.3, -0.25) is 0 Å². The minimum atomic E-state index is 0.495. The summed E-state index contributed by atoms with van der Waals surface area (Å²) < 4.78 is 10.9. The Kier molecular flexibility index (Phi) is 11.7. The third-order valence-corrected chi connectivity index (χ3v) is 5.23. The van der Waals surface area contributed by atoms with Crippen LogP contribution in [0.2, 0.25) is 0 Å². The fourth-order valence-electron chi connectivity index (χ4n) is 3.43. The molecule has 30 heavy (non-hydrogen) atoms. The highest BCUT2D eigenvalue weighted by molar-refractivity contribution is 5.44. The molecule has 0 unspecified atom stereocenters. The average Bonchev–Trinajstić information content (AvgIpc) is 2.75. The molecule has 0 aromatic carbocycles. The SMILES string of the molecule is CC(C)CCNc1nc(NCCOCCOCCN)nc(N(C)C2CCCCC2)n1. The maximum absolute atomic E-state index is 5.57. The van der Waals surface area contributed by atoms with Crippen molar-refractivity contribution in [2.45, 2.75) is 58.4 Å². The van der Waals surface area contributed by atoms with Crippen LogP contribution in [0.25, 0.3) is 0 Å². The van der Waals surface area contributed by atoms with Crippen LogP contribution in [-0.4, -0.2) is 74.1 Å². The van der Waals surface area contributed by atoms with Crippen molar-refractivity contribution in [2.75, 3.05) is 68.6 Å². The Bertz CT molecular complexity index is 582. The molecule has 0 saturated heterocycles. The second-order valence-electron chi connectivity index (χ2n) is 8.23. The quantitative estimate of drug-likeness (QED) is 0.366. The molecule has 0 aliphatic heterocycles. The minimum Gasteiger partial charge on any atom is -0.378 e. The molecule has 0 amide bonds. The summed E-state index contributed by atoms with van der Waals surface area (Å²) in [5.41, 5.74) is 5.39. The maximum atomic E-state index is 5.57. The number of nitrogens with one attached hydrogen (secondary N) is 2. The lowest BCUT2D eigenvalue weighted by atomic mass is 9.95. The molecule has 4 N–H and O–H groups in total. The molecule has 1 aromatic rings. The monoisotopic (exact) mass is 423 g/mol.